The maximum Gasteiger partial charge on any atom is 0.237 e. The van der Waals surface area contributed by atoms with Crippen LogP contribution in [0, 0.1) is 22.7 Å². The van der Waals surface area contributed by atoms with Crippen molar-refractivity contribution in [2.24, 2.45) is 11.3 Å². The number of nitrogens with zero attached hydrogens (tertiary/aromatic N) is 2. The Bertz CT molecular complexity index is 990. The monoisotopic (exact) mass is 461 g/mol. The number of nitrogens with one attached hydrogen (secondary N) is 1. The third kappa shape index (κ3) is 5.49. The summed E-state index contributed by atoms with van der Waals surface area (Å²) >= 11 is 13.3. The highest BCUT2D eigenvalue weighted by Gasteiger charge is 2.30. The van der Waals surface area contributed by atoms with Crippen LogP contribution in [0.25, 0.3) is 0 Å². The second-order valence-corrected chi connectivity index (χ2v) is 11.0. The van der Waals surface area contributed by atoms with Crippen LogP contribution in [0.1, 0.15) is 50.9 Å². The summed E-state index contributed by atoms with van der Waals surface area (Å²) in [4.78, 5) is 17.4. The lowest BCUT2D eigenvalue weighted by molar-refractivity contribution is -0.115. The van der Waals surface area contributed by atoms with Gasteiger partial charge in [0.2, 0.25) is 5.91 Å². The normalized spacial score (nSPS) is 17.0. The van der Waals surface area contributed by atoms with Crippen LogP contribution in [-0.2, 0) is 17.6 Å². The lowest BCUT2D eigenvalue weighted by Crippen LogP contribution is -2.27. The minimum Gasteiger partial charge on any atom is -0.325 e. The zero-order valence-electron chi connectivity index (χ0n) is 17.6. The molecule has 1 amide bonds. The maximum absolute atomic E-state index is 12.7. The van der Waals surface area contributed by atoms with Crippen LogP contribution in [0.15, 0.2) is 29.3 Å². The highest BCUT2D eigenvalue weighted by Crippen LogP contribution is 2.38. The van der Waals surface area contributed by atoms with Gasteiger partial charge in [-0.3, -0.25) is 4.79 Å². The van der Waals surface area contributed by atoms with Gasteiger partial charge in [-0.1, -0.05) is 55.7 Å². The standard InChI is InChI=1S/C23H25Cl2N3OS/c1-13(21(29)27-19-10-17(24)9-18(25)11-19)30-22-15(12-26)7-14-8-16(23(2,3)4)5-6-20(14)28-22/h7,9-11,13,16H,5-6,8H2,1-4H3,(H,27,29). The maximum atomic E-state index is 12.7. The van der Waals surface area contributed by atoms with Gasteiger partial charge >= 0.3 is 0 Å². The second-order valence-electron chi connectivity index (χ2n) is 8.77. The molecular formula is C23H25Cl2N3OS. The van der Waals surface area contributed by atoms with Crippen molar-refractivity contribution in [1.82, 2.24) is 4.98 Å². The first-order valence-electron chi connectivity index (χ1n) is 9.93. The van der Waals surface area contributed by atoms with Crippen molar-refractivity contribution >= 4 is 46.6 Å². The summed E-state index contributed by atoms with van der Waals surface area (Å²) in [5.74, 6) is 0.376. The highest BCUT2D eigenvalue weighted by atomic mass is 35.5. The first-order chi connectivity index (χ1) is 14.1. The van der Waals surface area contributed by atoms with Crippen LogP contribution in [0.3, 0.4) is 0 Å². The molecule has 0 radical (unpaired) electrons. The molecule has 0 spiro atoms. The van der Waals surface area contributed by atoms with Gasteiger partial charge in [-0.15, -0.1) is 0 Å². The Kier molecular flexibility index (Phi) is 7.02. The van der Waals surface area contributed by atoms with Crippen LogP contribution in [0.5, 0.6) is 0 Å². The molecule has 0 aliphatic heterocycles. The van der Waals surface area contributed by atoms with Gasteiger partial charge < -0.3 is 5.32 Å². The van der Waals surface area contributed by atoms with E-state index in [0.29, 0.717) is 32.2 Å². The molecule has 1 heterocycles. The molecule has 7 heteroatoms. The van der Waals surface area contributed by atoms with E-state index in [4.69, 9.17) is 28.2 Å². The van der Waals surface area contributed by atoms with Crippen molar-refractivity contribution < 1.29 is 4.79 Å². The quantitative estimate of drug-likeness (QED) is 0.525. The fourth-order valence-corrected chi connectivity index (χ4v) is 5.07. The Morgan fingerprint density at radius 2 is 1.93 bits per heavy atom. The molecule has 1 aromatic carbocycles. The number of carbonyl (C=O) groups excluding carboxylic acids is 1. The number of aryl methyl sites for hydroxylation is 1. The highest BCUT2D eigenvalue weighted by molar-refractivity contribution is 8.00. The van der Waals surface area contributed by atoms with Gasteiger partial charge in [-0.25, -0.2) is 4.98 Å². The molecule has 0 bridgehead atoms. The molecule has 0 fully saturated rings. The summed E-state index contributed by atoms with van der Waals surface area (Å²) < 4.78 is 0. The minimum absolute atomic E-state index is 0.199. The van der Waals surface area contributed by atoms with Crippen LogP contribution in [-0.4, -0.2) is 16.1 Å². The van der Waals surface area contributed by atoms with Crippen LogP contribution in [0.2, 0.25) is 10.0 Å². The van der Waals surface area contributed by atoms with Gasteiger partial charge in [0.1, 0.15) is 11.1 Å². The number of benzene rings is 1. The number of fused-ring (bicyclic) bond motifs is 1. The van der Waals surface area contributed by atoms with E-state index >= 15 is 0 Å². The molecule has 3 rings (SSSR count). The molecule has 1 aliphatic carbocycles. The number of nitriles is 1. The van der Waals surface area contributed by atoms with Gasteiger partial charge in [-0.05, 0) is 67.3 Å². The molecule has 1 aromatic heterocycles. The molecule has 2 atom stereocenters. The Morgan fingerprint density at radius 1 is 1.27 bits per heavy atom. The average molecular weight is 462 g/mol. The number of halogens is 2. The SMILES string of the molecule is CC(Sc1nc2c(cc1C#N)CC(C(C)(C)C)CC2)C(=O)Nc1cc(Cl)cc(Cl)c1. The van der Waals surface area contributed by atoms with Crippen LogP contribution in [0.4, 0.5) is 5.69 Å². The first kappa shape index (κ1) is 22.9. The van der Waals surface area contributed by atoms with Gasteiger partial charge in [0.25, 0.3) is 0 Å². The van der Waals surface area contributed by atoms with Crippen molar-refractivity contribution in [3.05, 3.63) is 51.1 Å². The van der Waals surface area contributed by atoms with E-state index in [2.05, 4.69) is 32.2 Å². The summed E-state index contributed by atoms with van der Waals surface area (Å²) in [6.07, 6.45) is 2.93. The summed E-state index contributed by atoms with van der Waals surface area (Å²) in [5.41, 5.74) is 3.50. The van der Waals surface area contributed by atoms with E-state index in [1.165, 1.54) is 11.8 Å². The first-order valence-corrected chi connectivity index (χ1v) is 11.6. The summed E-state index contributed by atoms with van der Waals surface area (Å²) in [5, 5.41) is 13.6. The van der Waals surface area contributed by atoms with Gasteiger partial charge in [0.15, 0.2) is 0 Å². The molecule has 0 saturated carbocycles. The number of thioether (sulfide) groups is 1. The molecule has 1 N–H and O–H groups in total. The number of hydrogen-bond acceptors (Lipinski definition) is 4. The number of carbonyl (C=O) groups is 1. The number of amides is 1. The predicted octanol–water partition coefficient (Wildman–Crippen LogP) is 6.53. The van der Waals surface area contributed by atoms with E-state index in [0.717, 1.165) is 30.5 Å². The summed E-state index contributed by atoms with van der Waals surface area (Å²) in [7, 11) is 0. The smallest absolute Gasteiger partial charge is 0.237 e. The molecular weight excluding hydrogens is 437 g/mol. The Balaban J connectivity index is 1.76. The number of rotatable bonds is 4. The zero-order chi connectivity index (χ0) is 22.1. The lowest BCUT2D eigenvalue weighted by atomic mass is 9.71. The third-order valence-electron chi connectivity index (χ3n) is 5.48. The van der Waals surface area contributed by atoms with Crippen molar-refractivity contribution in [3.63, 3.8) is 0 Å². The largest absolute Gasteiger partial charge is 0.325 e. The van der Waals surface area contributed by atoms with Gasteiger partial charge in [0, 0.05) is 21.4 Å². The topological polar surface area (TPSA) is 65.8 Å². The Labute approximate surface area is 192 Å². The molecule has 0 saturated heterocycles. The van der Waals surface area contributed by atoms with Crippen LogP contribution < -0.4 is 5.32 Å². The third-order valence-corrected chi connectivity index (χ3v) is 7.02. The lowest BCUT2D eigenvalue weighted by Gasteiger charge is -2.34. The minimum atomic E-state index is -0.439. The fourth-order valence-electron chi connectivity index (χ4n) is 3.65. The van der Waals surface area contributed by atoms with Crippen molar-refractivity contribution in [3.8, 4) is 6.07 Å². The Hall–Kier alpha value is -1.74. The molecule has 1 aliphatic rings. The average Bonchev–Trinajstić information content (AvgIpc) is 2.65. The number of pyridine rings is 1. The number of hydrogen-bond donors (Lipinski definition) is 1. The summed E-state index contributed by atoms with van der Waals surface area (Å²) in [6, 6.07) is 9.12. The predicted molar refractivity (Wildman–Crippen MR) is 124 cm³/mol. The van der Waals surface area contributed by atoms with E-state index in [-0.39, 0.29) is 11.3 Å². The van der Waals surface area contributed by atoms with E-state index in [9.17, 15) is 10.1 Å². The van der Waals surface area contributed by atoms with E-state index in [1.807, 2.05) is 6.07 Å². The van der Waals surface area contributed by atoms with Gasteiger partial charge in [-0.2, -0.15) is 5.26 Å². The number of anilines is 1. The van der Waals surface area contributed by atoms with E-state index < -0.39 is 5.25 Å². The molecule has 2 unspecified atom stereocenters. The van der Waals surface area contributed by atoms with Crippen molar-refractivity contribution in [1.29, 1.82) is 5.26 Å². The molecule has 2 aromatic rings. The van der Waals surface area contributed by atoms with Crippen molar-refractivity contribution in [2.75, 3.05) is 5.32 Å². The number of aromatic nitrogens is 1. The van der Waals surface area contributed by atoms with Gasteiger partial charge in [0.05, 0.1) is 10.8 Å². The van der Waals surface area contributed by atoms with Crippen LogP contribution >= 0.6 is 35.0 Å². The molecule has 30 heavy (non-hydrogen) atoms. The summed E-state index contributed by atoms with van der Waals surface area (Å²) in [6.45, 7) is 8.58. The second kappa shape index (κ2) is 9.18. The Morgan fingerprint density at radius 3 is 2.53 bits per heavy atom. The molecule has 158 valence electrons. The van der Waals surface area contributed by atoms with Crippen molar-refractivity contribution in [2.45, 2.75) is 57.2 Å². The van der Waals surface area contributed by atoms with E-state index in [1.54, 1.807) is 25.1 Å². The molecule has 4 nitrogen and oxygen atoms in total. The zero-order valence-corrected chi connectivity index (χ0v) is 19.9. The fraction of sp³-hybridized carbons (Fsp3) is 0.435.